The lowest BCUT2D eigenvalue weighted by molar-refractivity contribution is 1.02. The summed E-state index contributed by atoms with van der Waals surface area (Å²) in [7, 11) is 0. The van der Waals surface area contributed by atoms with Crippen LogP contribution in [0.3, 0.4) is 0 Å². The van der Waals surface area contributed by atoms with Gasteiger partial charge in [0, 0.05) is 10.4 Å². The molecule has 0 N–H and O–H groups in total. The van der Waals surface area contributed by atoms with E-state index in [9.17, 15) is 0 Å². The quantitative estimate of drug-likeness (QED) is 0.684. The molecule has 1 heteroatoms. The summed E-state index contributed by atoms with van der Waals surface area (Å²) in [5, 5.41) is 0. The molecule has 2 aromatic rings. The van der Waals surface area contributed by atoms with E-state index in [1.54, 1.807) is 0 Å². The Balaban J connectivity index is 2.39. The first-order valence-electron chi connectivity index (χ1n) is 5.74. The Labute approximate surface area is 111 Å². The zero-order valence-corrected chi connectivity index (χ0v) is 11.4. The van der Waals surface area contributed by atoms with Crippen LogP contribution in [0.15, 0.2) is 71.2 Å². The van der Waals surface area contributed by atoms with Crippen molar-refractivity contribution in [3.8, 4) is 0 Å². The van der Waals surface area contributed by atoms with E-state index in [0.717, 1.165) is 4.47 Å². The second kappa shape index (κ2) is 5.83. The molecular weight excluding hydrogens is 272 g/mol. The fraction of sp³-hybridized carbons (Fsp3) is 0.125. The lowest BCUT2D eigenvalue weighted by Crippen LogP contribution is -1.97. The van der Waals surface area contributed by atoms with E-state index in [0.29, 0.717) is 5.92 Å². The van der Waals surface area contributed by atoms with Gasteiger partial charge in [0.1, 0.15) is 0 Å². The minimum Gasteiger partial charge on any atom is -0.0907 e. The summed E-state index contributed by atoms with van der Waals surface area (Å²) in [5.41, 5.74) is 2.64. The molecule has 0 spiro atoms. The molecule has 0 nitrogen and oxygen atoms in total. The lowest BCUT2D eigenvalue weighted by Gasteiger charge is -2.13. The molecule has 0 amide bonds. The number of hydrogen-bond acceptors (Lipinski definition) is 0. The number of hydrogen-bond donors (Lipinski definition) is 0. The van der Waals surface area contributed by atoms with Crippen molar-refractivity contribution in [2.75, 3.05) is 0 Å². The van der Waals surface area contributed by atoms with E-state index in [2.05, 4.69) is 89.6 Å². The third-order valence-corrected chi connectivity index (χ3v) is 3.30. The molecule has 2 rings (SSSR count). The van der Waals surface area contributed by atoms with Crippen LogP contribution in [0.4, 0.5) is 0 Å². The summed E-state index contributed by atoms with van der Waals surface area (Å²) in [6.45, 7) is 2.06. The van der Waals surface area contributed by atoms with Crippen molar-refractivity contribution in [1.82, 2.24) is 0 Å². The molecule has 0 saturated carbocycles. The molecule has 0 aliphatic carbocycles. The zero-order valence-electron chi connectivity index (χ0n) is 9.81. The summed E-state index contributed by atoms with van der Waals surface area (Å²) in [6, 6.07) is 19.1. The van der Waals surface area contributed by atoms with E-state index in [1.807, 2.05) is 0 Å². The summed E-state index contributed by atoms with van der Waals surface area (Å²) in [6.07, 6.45) is 4.35. The highest BCUT2D eigenvalue weighted by molar-refractivity contribution is 9.10. The standard InChI is InChI=1S/C16H15Br/c1-2-6-16(13-7-4-3-5-8-13)14-9-11-15(17)12-10-14/h2-12,16H,1H3. The number of halogens is 1. The zero-order chi connectivity index (χ0) is 12.1. The van der Waals surface area contributed by atoms with Gasteiger partial charge in [0.2, 0.25) is 0 Å². The summed E-state index contributed by atoms with van der Waals surface area (Å²) < 4.78 is 1.12. The highest BCUT2D eigenvalue weighted by atomic mass is 79.9. The van der Waals surface area contributed by atoms with E-state index in [-0.39, 0.29) is 0 Å². The van der Waals surface area contributed by atoms with Crippen LogP contribution in [0.5, 0.6) is 0 Å². The molecule has 0 radical (unpaired) electrons. The number of benzene rings is 2. The van der Waals surface area contributed by atoms with Gasteiger partial charge < -0.3 is 0 Å². The van der Waals surface area contributed by atoms with Gasteiger partial charge in [0.15, 0.2) is 0 Å². The van der Waals surface area contributed by atoms with Crippen LogP contribution in [0.2, 0.25) is 0 Å². The molecule has 0 aliphatic rings. The minimum absolute atomic E-state index is 0.342. The van der Waals surface area contributed by atoms with Gasteiger partial charge in [-0.1, -0.05) is 70.5 Å². The van der Waals surface area contributed by atoms with Crippen LogP contribution in [-0.2, 0) is 0 Å². The predicted octanol–water partition coefficient (Wildman–Crippen LogP) is 5.16. The van der Waals surface area contributed by atoms with Crippen molar-refractivity contribution < 1.29 is 0 Å². The maximum Gasteiger partial charge on any atom is 0.0269 e. The van der Waals surface area contributed by atoms with Crippen molar-refractivity contribution >= 4 is 15.9 Å². The third-order valence-electron chi connectivity index (χ3n) is 2.77. The highest BCUT2D eigenvalue weighted by Crippen LogP contribution is 2.27. The Morgan fingerprint density at radius 1 is 0.882 bits per heavy atom. The van der Waals surface area contributed by atoms with Gasteiger partial charge >= 0.3 is 0 Å². The van der Waals surface area contributed by atoms with Crippen LogP contribution in [0.25, 0.3) is 0 Å². The fourth-order valence-corrected chi connectivity index (χ4v) is 2.20. The molecule has 0 heterocycles. The molecule has 0 saturated heterocycles. The van der Waals surface area contributed by atoms with Crippen LogP contribution in [0.1, 0.15) is 24.0 Å². The Morgan fingerprint density at radius 2 is 1.47 bits per heavy atom. The molecule has 0 aromatic heterocycles. The van der Waals surface area contributed by atoms with Gasteiger partial charge in [0.05, 0.1) is 0 Å². The van der Waals surface area contributed by atoms with Crippen molar-refractivity contribution in [2.24, 2.45) is 0 Å². The van der Waals surface area contributed by atoms with Crippen molar-refractivity contribution in [1.29, 1.82) is 0 Å². The van der Waals surface area contributed by atoms with Crippen molar-refractivity contribution in [2.45, 2.75) is 12.8 Å². The molecule has 0 aliphatic heterocycles. The first-order valence-corrected chi connectivity index (χ1v) is 6.54. The Bertz CT molecular complexity index is 483. The van der Waals surface area contributed by atoms with E-state index < -0.39 is 0 Å². The molecular formula is C16H15Br. The monoisotopic (exact) mass is 286 g/mol. The third kappa shape index (κ3) is 3.07. The second-order valence-electron chi connectivity index (χ2n) is 3.97. The van der Waals surface area contributed by atoms with Crippen LogP contribution in [-0.4, -0.2) is 0 Å². The first kappa shape index (κ1) is 12.1. The normalized spacial score (nSPS) is 12.8. The Morgan fingerprint density at radius 3 is 2.06 bits per heavy atom. The Kier molecular flexibility index (Phi) is 4.16. The van der Waals surface area contributed by atoms with Crippen molar-refractivity contribution in [3.63, 3.8) is 0 Å². The van der Waals surface area contributed by atoms with Crippen LogP contribution >= 0.6 is 15.9 Å². The Hall–Kier alpha value is -1.34. The summed E-state index contributed by atoms with van der Waals surface area (Å²) >= 11 is 3.47. The number of rotatable bonds is 3. The molecule has 17 heavy (non-hydrogen) atoms. The molecule has 0 fully saturated rings. The molecule has 2 aromatic carbocycles. The fourth-order valence-electron chi connectivity index (χ4n) is 1.94. The van der Waals surface area contributed by atoms with Gasteiger partial charge in [-0.2, -0.15) is 0 Å². The predicted molar refractivity (Wildman–Crippen MR) is 77.2 cm³/mol. The number of allylic oxidation sites excluding steroid dienone is 2. The SMILES string of the molecule is CC=CC(c1ccccc1)c1ccc(Br)cc1. The summed E-state index contributed by atoms with van der Waals surface area (Å²) in [4.78, 5) is 0. The smallest absolute Gasteiger partial charge is 0.0269 e. The van der Waals surface area contributed by atoms with E-state index in [4.69, 9.17) is 0 Å². The molecule has 86 valence electrons. The molecule has 0 bridgehead atoms. The average molecular weight is 287 g/mol. The molecule has 1 atom stereocenters. The van der Waals surface area contributed by atoms with Gasteiger partial charge in [-0.15, -0.1) is 0 Å². The first-order chi connectivity index (χ1) is 8.31. The second-order valence-corrected chi connectivity index (χ2v) is 4.88. The van der Waals surface area contributed by atoms with Crippen LogP contribution < -0.4 is 0 Å². The van der Waals surface area contributed by atoms with E-state index >= 15 is 0 Å². The van der Waals surface area contributed by atoms with Gasteiger partial charge in [-0.25, -0.2) is 0 Å². The van der Waals surface area contributed by atoms with E-state index in [1.165, 1.54) is 11.1 Å². The van der Waals surface area contributed by atoms with Gasteiger partial charge in [-0.05, 0) is 30.2 Å². The average Bonchev–Trinajstić information content (AvgIpc) is 2.38. The van der Waals surface area contributed by atoms with Crippen LogP contribution in [0, 0.1) is 0 Å². The van der Waals surface area contributed by atoms with Gasteiger partial charge in [-0.3, -0.25) is 0 Å². The summed E-state index contributed by atoms with van der Waals surface area (Å²) in [5.74, 6) is 0.342. The highest BCUT2D eigenvalue weighted by Gasteiger charge is 2.09. The van der Waals surface area contributed by atoms with Gasteiger partial charge in [0.25, 0.3) is 0 Å². The van der Waals surface area contributed by atoms with Crippen molar-refractivity contribution in [3.05, 3.63) is 82.3 Å². The molecule has 1 unspecified atom stereocenters. The minimum atomic E-state index is 0.342. The topological polar surface area (TPSA) is 0 Å². The maximum atomic E-state index is 3.47. The lowest BCUT2D eigenvalue weighted by atomic mass is 9.91. The maximum absolute atomic E-state index is 3.47. The largest absolute Gasteiger partial charge is 0.0907 e.